The molecule has 5 nitrogen and oxygen atoms in total. The zero-order valence-electron chi connectivity index (χ0n) is 12.6. The molecule has 0 unspecified atom stereocenters. The average molecular weight is 421 g/mol. The standard InChI is InChI=1S/C17H16IN3O2/c1-12-20-14-4-2-3-5-15(14)21(12)11-10-19-17(22)9-7-13-6-8-16(18)23-13/h2-9H,10-11H2,1H3,(H,19,22)/b9-7+. The number of rotatable bonds is 5. The summed E-state index contributed by atoms with van der Waals surface area (Å²) in [5.41, 5.74) is 2.06. The van der Waals surface area contributed by atoms with Crippen molar-refractivity contribution < 1.29 is 9.21 Å². The summed E-state index contributed by atoms with van der Waals surface area (Å²) in [7, 11) is 0. The Labute approximate surface area is 147 Å². The molecular weight excluding hydrogens is 405 g/mol. The van der Waals surface area contributed by atoms with Crippen LogP contribution in [0, 0.1) is 10.7 Å². The predicted octanol–water partition coefficient (Wildman–Crippen LogP) is 3.37. The molecule has 0 atom stereocenters. The fourth-order valence-corrected chi connectivity index (χ4v) is 2.84. The maximum absolute atomic E-state index is 11.8. The summed E-state index contributed by atoms with van der Waals surface area (Å²) in [4.78, 5) is 16.3. The zero-order chi connectivity index (χ0) is 16.2. The van der Waals surface area contributed by atoms with Crippen molar-refractivity contribution in [2.45, 2.75) is 13.5 Å². The van der Waals surface area contributed by atoms with Crippen LogP contribution in [0.1, 0.15) is 11.6 Å². The summed E-state index contributed by atoms with van der Waals surface area (Å²) < 4.78 is 8.27. The van der Waals surface area contributed by atoms with E-state index in [-0.39, 0.29) is 5.91 Å². The summed E-state index contributed by atoms with van der Waals surface area (Å²) in [6.45, 7) is 3.20. The summed E-state index contributed by atoms with van der Waals surface area (Å²) in [6.07, 6.45) is 3.14. The number of aryl methyl sites for hydroxylation is 1. The first-order valence-electron chi connectivity index (χ1n) is 7.26. The number of halogens is 1. The van der Waals surface area contributed by atoms with E-state index >= 15 is 0 Å². The first-order valence-corrected chi connectivity index (χ1v) is 8.34. The van der Waals surface area contributed by atoms with Crippen LogP contribution in [0.4, 0.5) is 0 Å². The molecular formula is C17H16IN3O2. The van der Waals surface area contributed by atoms with Crippen LogP contribution in [0.2, 0.25) is 0 Å². The number of benzene rings is 1. The van der Waals surface area contributed by atoms with Crippen LogP contribution >= 0.6 is 22.6 Å². The summed E-state index contributed by atoms with van der Waals surface area (Å²) >= 11 is 2.09. The van der Waals surface area contributed by atoms with Crippen molar-refractivity contribution in [1.82, 2.24) is 14.9 Å². The largest absolute Gasteiger partial charge is 0.451 e. The van der Waals surface area contributed by atoms with Gasteiger partial charge in [0.1, 0.15) is 11.6 Å². The Morgan fingerprint density at radius 1 is 1.35 bits per heavy atom. The number of para-hydroxylation sites is 2. The molecule has 6 heteroatoms. The lowest BCUT2D eigenvalue weighted by molar-refractivity contribution is -0.116. The van der Waals surface area contributed by atoms with Gasteiger partial charge in [0.05, 0.1) is 11.0 Å². The highest BCUT2D eigenvalue weighted by atomic mass is 127. The van der Waals surface area contributed by atoms with Gasteiger partial charge in [-0.1, -0.05) is 12.1 Å². The molecule has 118 valence electrons. The SMILES string of the molecule is Cc1nc2ccccc2n1CCNC(=O)/C=C/c1ccc(I)o1. The highest BCUT2D eigenvalue weighted by Crippen LogP contribution is 2.15. The molecule has 3 rings (SSSR count). The van der Waals surface area contributed by atoms with Crippen molar-refractivity contribution in [1.29, 1.82) is 0 Å². The Kier molecular flexibility index (Phi) is 4.80. The number of hydrogen-bond acceptors (Lipinski definition) is 3. The first kappa shape index (κ1) is 15.8. The van der Waals surface area contributed by atoms with Crippen molar-refractivity contribution in [3.8, 4) is 0 Å². The second kappa shape index (κ2) is 6.99. The molecule has 0 bridgehead atoms. The molecule has 23 heavy (non-hydrogen) atoms. The van der Waals surface area contributed by atoms with Gasteiger partial charge in [0.25, 0.3) is 0 Å². The number of fused-ring (bicyclic) bond motifs is 1. The first-order chi connectivity index (χ1) is 11.1. The minimum absolute atomic E-state index is 0.140. The van der Waals surface area contributed by atoms with Gasteiger partial charge in [-0.25, -0.2) is 4.98 Å². The predicted molar refractivity (Wildman–Crippen MR) is 97.9 cm³/mol. The summed E-state index contributed by atoms with van der Waals surface area (Å²) in [5, 5.41) is 2.87. The fraction of sp³-hybridized carbons (Fsp3) is 0.176. The van der Waals surface area contributed by atoms with Crippen LogP contribution in [0.5, 0.6) is 0 Å². The van der Waals surface area contributed by atoms with E-state index in [9.17, 15) is 4.79 Å². The van der Waals surface area contributed by atoms with Crippen molar-refractivity contribution >= 4 is 45.6 Å². The quantitative estimate of drug-likeness (QED) is 0.508. The molecule has 0 aliphatic heterocycles. The number of imidazole rings is 1. The van der Waals surface area contributed by atoms with Crippen LogP contribution in [-0.2, 0) is 11.3 Å². The number of amides is 1. The van der Waals surface area contributed by atoms with E-state index in [0.29, 0.717) is 18.8 Å². The molecule has 0 aliphatic carbocycles. The molecule has 0 aliphatic rings. The molecule has 1 amide bonds. The number of furan rings is 1. The van der Waals surface area contributed by atoms with Gasteiger partial charge >= 0.3 is 0 Å². The molecule has 0 saturated heterocycles. The number of nitrogens with zero attached hydrogens (tertiary/aromatic N) is 2. The van der Waals surface area contributed by atoms with Crippen LogP contribution in [-0.4, -0.2) is 22.0 Å². The van der Waals surface area contributed by atoms with E-state index in [2.05, 4.69) is 37.5 Å². The number of carbonyl (C=O) groups is 1. The number of hydrogen-bond donors (Lipinski definition) is 1. The van der Waals surface area contributed by atoms with Gasteiger partial charge in [-0.05, 0) is 59.9 Å². The number of nitrogens with one attached hydrogen (secondary N) is 1. The lowest BCUT2D eigenvalue weighted by Crippen LogP contribution is -2.25. The Morgan fingerprint density at radius 2 is 2.17 bits per heavy atom. The van der Waals surface area contributed by atoms with Crippen molar-refractivity contribution in [3.63, 3.8) is 0 Å². The monoisotopic (exact) mass is 421 g/mol. The molecule has 3 aromatic rings. The second-order valence-electron chi connectivity index (χ2n) is 5.07. The third-order valence-corrected chi connectivity index (χ3v) is 4.05. The lowest BCUT2D eigenvalue weighted by Gasteiger charge is -2.07. The molecule has 0 spiro atoms. The maximum atomic E-state index is 11.8. The van der Waals surface area contributed by atoms with Gasteiger partial charge in [-0.15, -0.1) is 0 Å². The van der Waals surface area contributed by atoms with Gasteiger partial charge in [0.2, 0.25) is 5.91 Å². The topological polar surface area (TPSA) is 60.1 Å². The maximum Gasteiger partial charge on any atom is 0.244 e. The van der Waals surface area contributed by atoms with E-state index in [4.69, 9.17) is 4.42 Å². The van der Waals surface area contributed by atoms with Crippen LogP contribution in [0.25, 0.3) is 17.1 Å². The zero-order valence-corrected chi connectivity index (χ0v) is 14.8. The van der Waals surface area contributed by atoms with E-state index in [0.717, 1.165) is 20.6 Å². The Bertz CT molecular complexity index is 864. The Morgan fingerprint density at radius 3 is 2.96 bits per heavy atom. The molecule has 0 saturated carbocycles. The summed E-state index contributed by atoms with van der Waals surface area (Å²) in [6, 6.07) is 11.7. The number of carbonyl (C=O) groups excluding carboxylic acids is 1. The van der Waals surface area contributed by atoms with Gasteiger partial charge in [-0.3, -0.25) is 4.79 Å². The van der Waals surface area contributed by atoms with Crippen LogP contribution < -0.4 is 5.32 Å². The lowest BCUT2D eigenvalue weighted by atomic mass is 10.3. The van der Waals surface area contributed by atoms with Crippen molar-refractivity contribution in [2.24, 2.45) is 0 Å². The molecule has 1 N–H and O–H groups in total. The Hall–Kier alpha value is -2.09. The minimum atomic E-state index is -0.140. The minimum Gasteiger partial charge on any atom is -0.451 e. The van der Waals surface area contributed by atoms with Crippen molar-refractivity contribution in [2.75, 3.05) is 6.54 Å². The molecule has 0 radical (unpaired) electrons. The van der Waals surface area contributed by atoms with Crippen LogP contribution in [0.3, 0.4) is 0 Å². The van der Waals surface area contributed by atoms with E-state index in [1.807, 2.05) is 43.3 Å². The highest BCUT2D eigenvalue weighted by molar-refractivity contribution is 14.1. The second-order valence-corrected chi connectivity index (χ2v) is 6.13. The average Bonchev–Trinajstić information content (AvgIpc) is 3.09. The van der Waals surface area contributed by atoms with Gasteiger partial charge < -0.3 is 14.3 Å². The number of aromatic nitrogens is 2. The van der Waals surface area contributed by atoms with Crippen molar-refractivity contribution in [3.05, 3.63) is 57.8 Å². The molecule has 1 aromatic carbocycles. The fourth-order valence-electron chi connectivity index (χ4n) is 2.40. The van der Waals surface area contributed by atoms with E-state index in [1.165, 1.54) is 6.08 Å². The molecule has 0 fully saturated rings. The smallest absolute Gasteiger partial charge is 0.244 e. The molecule has 2 aromatic heterocycles. The van der Waals surface area contributed by atoms with Gasteiger partial charge in [0, 0.05) is 19.2 Å². The summed E-state index contributed by atoms with van der Waals surface area (Å²) in [5.74, 6) is 1.47. The van der Waals surface area contributed by atoms with Gasteiger partial charge in [-0.2, -0.15) is 0 Å². The van der Waals surface area contributed by atoms with E-state index in [1.54, 1.807) is 6.08 Å². The third-order valence-electron chi connectivity index (χ3n) is 3.47. The molecule has 2 heterocycles. The third kappa shape index (κ3) is 3.82. The highest BCUT2D eigenvalue weighted by Gasteiger charge is 2.06. The Balaban J connectivity index is 1.57. The van der Waals surface area contributed by atoms with Gasteiger partial charge in [0.15, 0.2) is 3.77 Å². The normalized spacial score (nSPS) is 11.4. The van der Waals surface area contributed by atoms with Crippen LogP contribution in [0.15, 0.2) is 46.9 Å². The van der Waals surface area contributed by atoms with E-state index < -0.39 is 0 Å².